The minimum atomic E-state index is -0.493. The van der Waals surface area contributed by atoms with Crippen molar-refractivity contribution in [3.05, 3.63) is 0 Å². The fourth-order valence-corrected chi connectivity index (χ4v) is 1.89. The van der Waals surface area contributed by atoms with Gasteiger partial charge in [0.1, 0.15) is 0 Å². The van der Waals surface area contributed by atoms with Crippen LogP contribution in [0.25, 0.3) is 0 Å². The second-order valence-corrected chi connectivity index (χ2v) is 5.33. The molecule has 0 aliphatic rings. The Bertz CT molecular complexity index is 190. The lowest BCUT2D eigenvalue weighted by molar-refractivity contribution is 0.0181. The highest BCUT2D eigenvalue weighted by Gasteiger charge is 2.09. The van der Waals surface area contributed by atoms with E-state index in [9.17, 15) is 10.2 Å². The molecule has 4 heteroatoms. The highest BCUT2D eigenvalue weighted by molar-refractivity contribution is 4.63. The molecular weight excluding hydrogens is 242 g/mol. The first-order valence-corrected chi connectivity index (χ1v) is 7.78. The molecule has 0 aliphatic heterocycles. The van der Waals surface area contributed by atoms with Crippen LogP contribution in [0.5, 0.6) is 0 Å². The average Bonchev–Trinajstić information content (AvgIpc) is 2.42. The van der Waals surface area contributed by atoms with Gasteiger partial charge in [0.2, 0.25) is 0 Å². The summed E-state index contributed by atoms with van der Waals surface area (Å²) in [7, 11) is 0. The van der Waals surface area contributed by atoms with Gasteiger partial charge in [-0.1, -0.05) is 40.0 Å². The number of rotatable bonds is 13. The average molecular weight is 275 g/mol. The summed E-state index contributed by atoms with van der Waals surface area (Å²) in [5.74, 6) is 0.613. The molecule has 0 spiro atoms. The highest BCUT2D eigenvalue weighted by atomic mass is 16.5. The van der Waals surface area contributed by atoms with Gasteiger partial charge >= 0.3 is 0 Å². The van der Waals surface area contributed by atoms with Gasteiger partial charge in [0.15, 0.2) is 0 Å². The minimum Gasteiger partial charge on any atom is -0.392 e. The highest BCUT2D eigenvalue weighted by Crippen LogP contribution is 2.12. The normalized spacial score (nSPS) is 16.3. The molecule has 0 aromatic heterocycles. The van der Waals surface area contributed by atoms with Crippen molar-refractivity contribution in [2.75, 3.05) is 26.3 Å². The number of ether oxygens (including phenoxy) is 1. The van der Waals surface area contributed by atoms with Crippen molar-refractivity contribution < 1.29 is 14.9 Å². The van der Waals surface area contributed by atoms with Gasteiger partial charge in [-0.15, -0.1) is 0 Å². The number of aliphatic hydroxyl groups is 2. The summed E-state index contributed by atoms with van der Waals surface area (Å²) in [6.07, 6.45) is 4.74. The van der Waals surface area contributed by atoms with Crippen molar-refractivity contribution >= 4 is 0 Å². The Morgan fingerprint density at radius 1 is 0.947 bits per heavy atom. The summed E-state index contributed by atoms with van der Waals surface area (Å²) in [4.78, 5) is 0. The monoisotopic (exact) mass is 275 g/mol. The van der Waals surface area contributed by atoms with E-state index in [-0.39, 0.29) is 6.10 Å². The second kappa shape index (κ2) is 12.9. The second-order valence-electron chi connectivity index (χ2n) is 5.33. The fraction of sp³-hybridized carbons (Fsp3) is 1.00. The van der Waals surface area contributed by atoms with Gasteiger partial charge in [-0.05, 0) is 18.8 Å². The number of hydrogen-bond acceptors (Lipinski definition) is 4. The van der Waals surface area contributed by atoms with Gasteiger partial charge in [-0.3, -0.25) is 0 Å². The van der Waals surface area contributed by atoms with Crippen LogP contribution in [0, 0.1) is 5.92 Å². The summed E-state index contributed by atoms with van der Waals surface area (Å²) < 4.78 is 5.58. The summed E-state index contributed by atoms with van der Waals surface area (Å²) >= 11 is 0. The first-order chi connectivity index (χ1) is 9.13. The maximum Gasteiger partial charge on any atom is 0.0897 e. The van der Waals surface area contributed by atoms with Crippen LogP contribution in [-0.2, 0) is 4.74 Å². The molecule has 0 saturated heterocycles. The van der Waals surface area contributed by atoms with Crippen LogP contribution in [0.4, 0.5) is 0 Å². The van der Waals surface area contributed by atoms with E-state index in [1.807, 2.05) is 6.92 Å². The molecule has 0 aromatic rings. The number of nitrogens with one attached hydrogen (secondary N) is 1. The lowest BCUT2D eigenvalue weighted by Crippen LogP contribution is -2.35. The lowest BCUT2D eigenvalue weighted by Gasteiger charge is -2.17. The molecule has 19 heavy (non-hydrogen) atoms. The molecule has 116 valence electrons. The fourth-order valence-electron chi connectivity index (χ4n) is 1.89. The quantitative estimate of drug-likeness (QED) is 0.481. The molecule has 0 fully saturated rings. The first kappa shape index (κ1) is 18.8. The van der Waals surface area contributed by atoms with Crippen molar-refractivity contribution in [3.8, 4) is 0 Å². The third-order valence-corrected chi connectivity index (χ3v) is 3.44. The van der Waals surface area contributed by atoms with Crippen molar-refractivity contribution in [1.29, 1.82) is 0 Å². The van der Waals surface area contributed by atoms with Gasteiger partial charge < -0.3 is 20.3 Å². The Morgan fingerprint density at radius 3 is 2.21 bits per heavy atom. The molecule has 0 saturated carbocycles. The van der Waals surface area contributed by atoms with Crippen LogP contribution in [0.1, 0.15) is 52.9 Å². The van der Waals surface area contributed by atoms with E-state index in [4.69, 9.17) is 4.74 Å². The third kappa shape index (κ3) is 11.4. The van der Waals surface area contributed by atoms with Gasteiger partial charge in [-0.2, -0.15) is 0 Å². The molecule has 0 heterocycles. The summed E-state index contributed by atoms with van der Waals surface area (Å²) in [6, 6.07) is 0. The van der Waals surface area contributed by atoms with E-state index in [2.05, 4.69) is 19.2 Å². The largest absolute Gasteiger partial charge is 0.392 e. The van der Waals surface area contributed by atoms with Crippen LogP contribution in [0.2, 0.25) is 0 Å². The third-order valence-electron chi connectivity index (χ3n) is 3.44. The molecule has 0 bridgehead atoms. The Hall–Kier alpha value is -0.160. The van der Waals surface area contributed by atoms with E-state index in [0.717, 1.165) is 19.4 Å². The summed E-state index contributed by atoms with van der Waals surface area (Å²) in [6.45, 7) is 8.45. The van der Waals surface area contributed by atoms with E-state index in [1.165, 1.54) is 19.3 Å². The lowest BCUT2D eigenvalue weighted by atomic mass is 10.0. The molecule has 3 unspecified atom stereocenters. The van der Waals surface area contributed by atoms with Crippen molar-refractivity contribution in [1.82, 2.24) is 5.32 Å². The molecule has 0 rings (SSSR count). The van der Waals surface area contributed by atoms with Crippen LogP contribution >= 0.6 is 0 Å². The Kier molecular flexibility index (Phi) is 12.7. The van der Waals surface area contributed by atoms with Crippen molar-refractivity contribution in [3.63, 3.8) is 0 Å². The molecular formula is C15H33NO3. The molecule has 3 atom stereocenters. The standard InChI is InChI=1S/C15H33NO3/c1-4-7-8-13(5-2)11-19-12-15(18)10-16-9-14(17)6-3/h13-18H,4-12H2,1-3H3. The van der Waals surface area contributed by atoms with Gasteiger partial charge in [0, 0.05) is 19.7 Å². The Morgan fingerprint density at radius 2 is 1.63 bits per heavy atom. The topological polar surface area (TPSA) is 61.7 Å². The van der Waals surface area contributed by atoms with E-state index in [1.54, 1.807) is 0 Å². The molecule has 0 aromatic carbocycles. The number of hydrogen-bond donors (Lipinski definition) is 3. The van der Waals surface area contributed by atoms with Crippen molar-refractivity contribution in [2.45, 2.75) is 65.1 Å². The molecule has 4 nitrogen and oxygen atoms in total. The zero-order valence-electron chi connectivity index (χ0n) is 12.9. The predicted octanol–water partition coefficient (Wildman–Crippen LogP) is 1.94. The minimum absolute atomic E-state index is 0.327. The maximum absolute atomic E-state index is 9.73. The van der Waals surface area contributed by atoms with E-state index in [0.29, 0.717) is 25.6 Å². The zero-order chi connectivity index (χ0) is 14.5. The van der Waals surface area contributed by atoms with Crippen LogP contribution in [-0.4, -0.2) is 48.7 Å². The molecule has 0 aliphatic carbocycles. The Balaban J connectivity index is 3.52. The number of aliphatic hydroxyl groups excluding tert-OH is 2. The van der Waals surface area contributed by atoms with Gasteiger partial charge in [0.25, 0.3) is 0 Å². The Labute approximate surface area is 118 Å². The zero-order valence-corrected chi connectivity index (χ0v) is 12.9. The van der Waals surface area contributed by atoms with Crippen LogP contribution < -0.4 is 5.32 Å². The molecule has 0 radical (unpaired) electrons. The molecule has 0 amide bonds. The predicted molar refractivity (Wildman–Crippen MR) is 79.3 cm³/mol. The number of unbranched alkanes of at least 4 members (excludes halogenated alkanes) is 1. The smallest absolute Gasteiger partial charge is 0.0897 e. The SMILES string of the molecule is CCCCC(CC)COCC(O)CNCC(O)CC. The van der Waals surface area contributed by atoms with Crippen LogP contribution in [0.15, 0.2) is 0 Å². The van der Waals surface area contributed by atoms with Crippen LogP contribution in [0.3, 0.4) is 0 Å². The van der Waals surface area contributed by atoms with Gasteiger partial charge in [0.05, 0.1) is 18.8 Å². The van der Waals surface area contributed by atoms with E-state index >= 15 is 0 Å². The summed E-state index contributed by atoms with van der Waals surface area (Å²) in [5.41, 5.74) is 0. The first-order valence-electron chi connectivity index (χ1n) is 7.78. The van der Waals surface area contributed by atoms with Gasteiger partial charge in [-0.25, -0.2) is 0 Å². The van der Waals surface area contributed by atoms with E-state index < -0.39 is 6.10 Å². The molecule has 3 N–H and O–H groups in total. The maximum atomic E-state index is 9.73. The summed E-state index contributed by atoms with van der Waals surface area (Å²) in [5, 5.41) is 22.1. The van der Waals surface area contributed by atoms with Crippen molar-refractivity contribution in [2.24, 2.45) is 5.92 Å².